The number of carbonyl (C=O) groups excluding carboxylic acids is 1. The maximum atomic E-state index is 10.6. The van der Waals surface area contributed by atoms with Gasteiger partial charge in [0, 0.05) is 14.1 Å². The molecule has 9 heavy (non-hydrogen) atoms. The van der Waals surface area contributed by atoms with E-state index >= 15 is 0 Å². The first-order valence-corrected chi connectivity index (χ1v) is 2.28. The van der Waals surface area contributed by atoms with E-state index in [1.807, 2.05) is 0 Å². The minimum absolute atomic E-state index is 0.403. The average molecular weight is 131 g/mol. The summed E-state index contributed by atoms with van der Waals surface area (Å²) in [6, 6.07) is 0. The van der Waals surface area contributed by atoms with Gasteiger partial charge >= 0.3 is 0 Å². The van der Waals surface area contributed by atoms with Crippen LogP contribution in [0.15, 0.2) is 5.16 Å². The predicted octanol–water partition coefficient (Wildman–Crippen LogP) is -1.18. The van der Waals surface area contributed by atoms with Crippen LogP contribution >= 0.6 is 0 Å². The molecule has 5 nitrogen and oxygen atoms in total. The quantitative estimate of drug-likeness (QED) is 0.188. The van der Waals surface area contributed by atoms with Gasteiger partial charge in [-0.1, -0.05) is 5.16 Å². The molecule has 0 aliphatic rings. The van der Waals surface area contributed by atoms with Gasteiger partial charge in [0.25, 0.3) is 5.91 Å². The number of nitrogens with zero attached hydrogens (tertiary/aromatic N) is 2. The van der Waals surface area contributed by atoms with E-state index in [4.69, 9.17) is 10.9 Å². The third kappa shape index (κ3) is 1.98. The van der Waals surface area contributed by atoms with Crippen molar-refractivity contribution in [3.8, 4) is 0 Å². The summed E-state index contributed by atoms with van der Waals surface area (Å²) in [5.74, 6) is -0.905. The van der Waals surface area contributed by atoms with Crippen molar-refractivity contribution in [2.45, 2.75) is 0 Å². The SMILES string of the molecule is CN(C)C(=O)/C(N)=N\O. The maximum Gasteiger partial charge on any atom is 0.292 e. The second-order valence-corrected chi connectivity index (χ2v) is 1.68. The normalized spacial score (nSPS) is 11.1. The minimum atomic E-state index is -0.502. The van der Waals surface area contributed by atoms with E-state index < -0.39 is 11.7 Å². The minimum Gasteiger partial charge on any atom is -0.409 e. The first-order chi connectivity index (χ1) is 4.09. The standard InChI is InChI=1S/C4H9N3O2/c1-7(2)4(8)3(5)6-9/h9H,1-2H3,(H2,5,6). The van der Waals surface area contributed by atoms with Gasteiger partial charge in [-0.2, -0.15) is 0 Å². The molecule has 0 spiro atoms. The molecule has 0 saturated carbocycles. The summed E-state index contributed by atoms with van der Waals surface area (Å²) in [7, 11) is 3.03. The number of amides is 1. The Balaban J connectivity index is 4.06. The third-order valence-corrected chi connectivity index (χ3v) is 0.733. The molecule has 0 unspecified atom stereocenters. The van der Waals surface area contributed by atoms with E-state index in [-0.39, 0.29) is 0 Å². The van der Waals surface area contributed by atoms with Crippen molar-refractivity contribution in [3.05, 3.63) is 0 Å². The predicted molar refractivity (Wildman–Crippen MR) is 32.1 cm³/mol. The summed E-state index contributed by atoms with van der Waals surface area (Å²) in [6.45, 7) is 0. The van der Waals surface area contributed by atoms with E-state index in [0.717, 1.165) is 0 Å². The van der Waals surface area contributed by atoms with Gasteiger partial charge in [-0.15, -0.1) is 0 Å². The lowest BCUT2D eigenvalue weighted by Crippen LogP contribution is -2.35. The van der Waals surface area contributed by atoms with Crippen molar-refractivity contribution in [1.82, 2.24) is 4.90 Å². The zero-order chi connectivity index (χ0) is 7.44. The number of carbonyl (C=O) groups is 1. The lowest BCUT2D eigenvalue weighted by atomic mass is 10.5. The van der Waals surface area contributed by atoms with Crippen LogP contribution in [0.4, 0.5) is 0 Å². The number of nitrogens with two attached hydrogens (primary N) is 1. The fourth-order valence-corrected chi connectivity index (χ4v) is 0.272. The van der Waals surface area contributed by atoms with Crippen molar-refractivity contribution in [3.63, 3.8) is 0 Å². The van der Waals surface area contributed by atoms with Gasteiger partial charge in [0.05, 0.1) is 0 Å². The monoisotopic (exact) mass is 131 g/mol. The van der Waals surface area contributed by atoms with Crippen LogP contribution in [0.25, 0.3) is 0 Å². The molecule has 0 aromatic carbocycles. The molecule has 0 aliphatic heterocycles. The van der Waals surface area contributed by atoms with Gasteiger partial charge in [-0.05, 0) is 0 Å². The molecule has 0 bridgehead atoms. The van der Waals surface area contributed by atoms with Gasteiger partial charge in [0.15, 0.2) is 0 Å². The van der Waals surface area contributed by atoms with Crippen molar-refractivity contribution < 1.29 is 10.0 Å². The van der Waals surface area contributed by atoms with E-state index in [9.17, 15) is 4.79 Å². The van der Waals surface area contributed by atoms with E-state index in [1.54, 1.807) is 0 Å². The first kappa shape index (κ1) is 7.74. The lowest BCUT2D eigenvalue weighted by Gasteiger charge is -2.06. The largest absolute Gasteiger partial charge is 0.409 e. The van der Waals surface area contributed by atoms with Gasteiger partial charge in [0.2, 0.25) is 5.84 Å². The summed E-state index contributed by atoms with van der Waals surface area (Å²) < 4.78 is 0. The molecule has 52 valence electrons. The Kier molecular flexibility index (Phi) is 2.50. The zero-order valence-electron chi connectivity index (χ0n) is 5.33. The van der Waals surface area contributed by atoms with Gasteiger partial charge < -0.3 is 15.8 Å². The van der Waals surface area contributed by atoms with E-state index in [2.05, 4.69) is 5.16 Å². The summed E-state index contributed by atoms with van der Waals surface area (Å²) >= 11 is 0. The number of oxime groups is 1. The van der Waals surface area contributed by atoms with Gasteiger partial charge in [0.1, 0.15) is 0 Å². The molecule has 0 radical (unpaired) electrons. The first-order valence-electron chi connectivity index (χ1n) is 2.28. The van der Waals surface area contributed by atoms with Crippen LogP contribution in [0, 0.1) is 0 Å². The Morgan fingerprint density at radius 3 is 2.22 bits per heavy atom. The van der Waals surface area contributed by atoms with Crippen LogP contribution in [-0.2, 0) is 4.79 Å². The topological polar surface area (TPSA) is 78.9 Å². The fraction of sp³-hybridized carbons (Fsp3) is 0.500. The molecule has 1 amide bonds. The number of rotatable bonds is 0. The van der Waals surface area contributed by atoms with E-state index in [1.165, 1.54) is 19.0 Å². The second kappa shape index (κ2) is 2.91. The molecule has 0 saturated heterocycles. The van der Waals surface area contributed by atoms with Crippen molar-refractivity contribution in [2.24, 2.45) is 10.9 Å². The smallest absolute Gasteiger partial charge is 0.292 e. The molecular formula is C4H9N3O2. The Labute approximate surface area is 52.7 Å². The van der Waals surface area contributed by atoms with Crippen LogP contribution in [-0.4, -0.2) is 35.9 Å². The molecule has 0 aromatic heterocycles. The van der Waals surface area contributed by atoms with Crippen LogP contribution in [0.3, 0.4) is 0 Å². The molecule has 3 N–H and O–H groups in total. The molecule has 0 rings (SSSR count). The molecule has 0 fully saturated rings. The highest BCUT2D eigenvalue weighted by Crippen LogP contribution is 1.76. The number of likely N-dealkylation sites (N-methyl/N-ethyl adjacent to an activating group) is 1. The van der Waals surface area contributed by atoms with E-state index in [0.29, 0.717) is 0 Å². The molecule has 0 heterocycles. The Bertz CT molecular complexity index is 141. The summed E-state index contributed by atoms with van der Waals surface area (Å²) in [6.07, 6.45) is 0. The molecule has 5 heteroatoms. The number of amidine groups is 1. The summed E-state index contributed by atoms with van der Waals surface area (Å²) in [5, 5.41) is 10.5. The van der Waals surface area contributed by atoms with Crippen molar-refractivity contribution >= 4 is 11.7 Å². The Morgan fingerprint density at radius 2 is 2.11 bits per heavy atom. The van der Waals surface area contributed by atoms with Crippen LogP contribution < -0.4 is 5.73 Å². The average Bonchev–Trinajstić information content (AvgIpc) is 1.84. The fourth-order valence-electron chi connectivity index (χ4n) is 0.272. The van der Waals surface area contributed by atoms with Crippen LogP contribution in [0.2, 0.25) is 0 Å². The highest BCUT2D eigenvalue weighted by molar-refractivity contribution is 6.36. The van der Waals surface area contributed by atoms with Crippen molar-refractivity contribution in [2.75, 3.05) is 14.1 Å². The molecule has 0 aromatic rings. The second-order valence-electron chi connectivity index (χ2n) is 1.68. The maximum absolute atomic E-state index is 10.6. The lowest BCUT2D eigenvalue weighted by molar-refractivity contribution is -0.122. The van der Waals surface area contributed by atoms with Crippen molar-refractivity contribution in [1.29, 1.82) is 0 Å². The number of hydrogen-bond acceptors (Lipinski definition) is 3. The Hall–Kier alpha value is -1.26. The Morgan fingerprint density at radius 1 is 1.67 bits per heavy atom. The highest BCUT2D eigenvalue weighted by Gasteiger charge is 2.07. The van der Waals surface area contributed by atoms with Gasteiger partial charge in [-0.25, -0.2) is 0 Å². The highest BCUT2D eigenvalue weighted by atomic mass is 16.4. The molecule has 0 atom stereocenters. The van der Waals surface area contributed by atoms with Crippen LogP contribution in [0.5, 0.6) is 0 Å². The third-order valence-electron chi connectivity index (χ3n) is 0.733. The summed E-state index contributed by atoms with van der Waals surface area (Å²) in [5.41, 5.74) is 4.93. The van der Waals surface area contributed by atoms with Gasteiger partial charge in [-0.3, -0.25) is 4.79 Å². The zero-order valence-corrected chi connectivity index (χ0v) is 5.33. The van der Waals surface area contributed by atoms with Crippen LogP contribution in [0.1, 0.15) is 0 Å². The number of hydrogen-bond donors (Lipinski definition) is 2. The summed E-state index contributed by atoms with van der Waals surface area (Å²) in [4.78, 5) is 11.8. The molecule has 0 aliphatic carbocycles. The molecular weight excluding hydrogens is 122 g/mol.